The van der Waals surface area contributed by atoms with Crippen LogP contribution in [-0.4, -0.2) is 63.3 Å². The molecule has 4 N–H and O–H groups in total. The summed E-state index contributed by atoms with van der Waals surface area (Å²) in [6.07, 6.45) is -1.34. The zero-order valence-corrected chi connectivity index (χ0v) is 21.8. The van der Waals surface area contributed by atoms with E-state index in [0.717, 1.165) is 4.57 Å². The molecule has 2 aliphatic heterocycles. The summed E-state index contributed by atoms with van der Waals surface area (Å²) >= 11 is 0. The third-order valence-corrected chi connectivity index (χ3v) is 7.74. The van der Waals surface area contributed by atoms with Crippen molar-refractivity contribution in [2.75, 3.05) is 18.9 Å². The number of rotatable bonds is 10. The molecule has 6 atom stereocenters. The highest BCUT2D eigenvalue weighted by Gasteiger charge is 2.69. The molecule has 0 saturated carbocycles. The van der Waals surface area contributed by atoms with E-state index in [1.54, 1.807) is 51.1 Å². The number of hydrogen-bond acceptors (Lipinski definition) is 11. The summed E-state index contributed by atoms with van der Waals surface area (Å²) in [5, 5.41) is 13.7. The Morgan fingerprint density at radius 1 is 1.32 bits per heavy atom. The molecule has 14 heteroatoms. The highest BCUT2D eigenvalue weighted by Crippen LogP contribution is 2.54. The number of anilines is 1. The fraction of sp³-hybridized carbons (Fsp3) is 0.522. The Kier molecular flexibility index (Phi) is 7.48. The van der Waals surface area contributed by atoms with Crippen LogP contribution < -0.4 is 21.0 Å². The molecule has 0 aliphatic carbocycles. The van der Waals surface area contributed by atoms with Crippen LogP contribution in [0.4, 0.5) is 5.82 Å². The zero-order chi connectivity index (χ0) is 27.0. The molecule has 202 valence electrons. The predicted molar refractivity (Wildman–Crippen MR) is 131 cm³/mol. The van der Waals surface area contributed by atoms with Gasteiger partial charge in [-0.15, -0.1) is 0 Å². The van der Waals surface area contributed by atoms with Crippen molar-refractivity contribution >= 4 is 19.5 Å². The van der Waals surface area contributed by atoms with Gasteiger partial charge in [0.25, 0.3) is 0 Å². The number of fused-ring (bicyclic) bond motifs is 2. The van der Waals surface area contributed by atoms with Crippen molar-refractivity contribution in [3.63, 3.8) is 0 Å². The first-order valence-electron chi connectivity index (χ1n) is 11.7. The molecule has 2 fully saturated rings. The summed E-state index contributed by atoms with van der Waals surface area (Å²) < 4.78 is 43.5. The van der Waals surface area contributed by atoms with Crippen LogP contribution in [0.3, 0.4) is 0 Å². The number of hydrogen-bond donors (Lipinski definition) is 3. The Morgan fingerprint density at radius 2 is 2.03 bits per heavy atom. The van der Waals surface area contributed by atoms with Gasteiger partial charge in [-0.2, -0.15) is 10.1 Å². The molecule has 0 amide bonds. The summed E-state index contributed by atoms with van der Waals surface area (Å²) in [7, 11) is -4.24. The van der Waals surface area contributed by atoms with E-state index in [-0.39, 0.29) is 24.3 Å². The third kappa shape index (κ3) is 5.42. The van der Waals surface area contributed by atoms with Crippen LogP contribution in [0, 0.1) is 0 Å². The van der Waals surface area contributed by atoms with Crippen LogP contribution >= 0.6 is 7.75 Å². The van der Waals surface area contributed by atoms with Crippen molar-refractivity contribution in [2.24, 2.45) is 0 Å². The van der Waals surface area contributed by atoms with E-state index in [2.05, 4.69) is 10.1 Å². The molecule has 0 spiro atoms. The standard InChI is InChI=1S/C23H31N4O9P/c1-14(2)34-18(28)15(3)26-37(31,36-16-8-6-5-7-9-16)33-13-23-12-32-22(4,19(23)29)20(35-23)27-11-10-17(24)25-21(27)30/h5-11,14-15,19-20,29H,12-13H2,1-4H3,(H,26,31)(H2,24,25,30)/t15-,19-,20+,22+,23+,37-/m0/s1. The number of aliphatic hydroxyl groups excluding tert-OH is 1. The van der Waals surface area contributed by atoms with Gasteiger partial charge in [0, 0.05) is 6.20 Å². The minimum absolute atomic E-state index is 0.0317. The number of nitrogen functional groups attached to an aromatic ring is 1. The summed E-state index contributed by atoms with van der Waals surface area (Å²) in [5.74, 6) is -0.403. The van der Waals surface area contributed by atoms with Gasteiger partial charge in [0.05, 0.1) is 19.3 Å². The van der Waals surface area contributed by atoms with Gasteiger partial charge < -0.3 is 29.6 Å². The Balaban J connectivity index is 1.57. The van der Waals surface area contributed by atoms with E-state index < -0.39 is 55.6 Å². The Bertz CT molecular complexity index is 1240. The van der Waals surface area contributed by atoms with Gasteiger partial charge in [0.2, 0.25) is 0 Å². The number of para-hydroxylation sites is 1. The second-order valence-electron chi connectivity index (χ2n) is 9.46. The van der Waals surface area contributed by atoms with E-state index in [9.17, 15) is 19.3 Å². The maximum atomic E-state index is 13.8. The molecule has 37 heavy (non-hydrogen) atoms. The van der Waals surface area contributed by atoms with Gasteiger partial charge in [0.15, 0.2) is 6.23 Å². The predicted octanol–water partition coefficient (Wildman–Crippen LogP) is 1.38. The number of nitrogens with zero attached hydrogens (tertiary/aromatic N) is 2. The zero-order valence-electron chi connectivity index (χ0n) is 20.9. The van der Waals surface area contributed by atoms with Crippen molar-refractivity contribution in [1.82, 2.24) is 14.6 Å². The second kappa shape index (κ2) is 10.2. The molecular formula is C23H31N4O9P. The number of esters is 1. The summed E-state index contributed by atoms with van der Waals surface area (Å²) in [5.41, 5.74) is 2.06. The normalized spacial score (nSPS) is 29.1. The Labute approximate surface area is 213 Å². The van der Waals surface area contributed by atoms with Crippen molar-refractivity contribution in [3.05, 3.63) is 53.1 Å². The topological polar surface area (TPSA) is 173 Å². The number of ether oxygens (including phenoxy) is 3. The number of nitrogens with one attached hydrogen (secondary N) is 1. The molecule has 1 aromatic heterocycles. The lowest BCUT2D eigenvalue weighted by Crippen LogP contribution is -2.46. The first-order valence-corrected chi connectivity index (χ1v) is 13.2. The number of nitrogens with two attached hydrogens (primary N) is 1. The molecule has 13 nitrogen and oxygen atoms in total. The average molecular weight is 538 g/mol. The number of carbonyl (C=O) groups is 1. The Hall–Kier alpha value is -2.80. The van der Waals surface area contributed by atoms with Gasteiger partial charge in [-0.1, -0.05) is 18.2 Å². The highest BCUT2D eigenvalue weighted by atomic mass is 31.2. The minimum atomic E-state index is -4.24. The molecule has 2 saturated heterocycles. The van der Waals surface area contributed by atoms with Crippen molar-refractivity contribution in [3.8, 4) is 5.75 Å². The van der Waals surface area contributed by atoms with Crippen LogP contribution in [0.5, 0.6) is 5.75 Å². The first kappa shape index (κ1) is 27.2. The molecule has 3 heterocycles. The number of aromatic nitrogens is 2. The lowest BCUT2D eigenvalue weighted by Gasteiger charge is -2.34. The van der Waals surface area contributed by atoms with E-state index >= 15 is 0 Å². The fourth-order valence-corrected chi connectivity index (χ4v) is 5.77. The molecule has 4 rings (SSSR count). The number of carbonyl (C=O) groups excluding carboxylic acids is 1. The first-order chi connectivity index (χ1) is 17.4. The third-order valence-electron chi connectivity index (χ3n) is 6.11. The molecule has 1 aromatic carbocycles. The smallest absolute Gasteiger partial charge is 0.459 e. The minimum Gasteiger partial charge on any atom is -0.462 e. The highest BCUT2D eigenvalue weighted by molar-refractivity contribution is 7.52. The van der Waals surface area contributed by atoms with E-state index in [0.29, 0.717) is 0 Å². The molecule has 2 bridgehead atoms. The molecule has 0 unspecified atom stereocenters. The van der Waals surface area contributed by atoms with E-state index in [1.807, 2.05) is 0 Å². The van der Waals surface area contributed by atoms with Crippen LogP contribution in [0.2, 0.25) is 0 Å². The quantitative estimate of drug-likeness (QED) is 0.293. The molecule has 2 aromatic rings. The lowest BCUT2D eigenvalue weighted by atomic mass is 9.92. The Morgan fingerprint density at radius 3 is 2.68 bits per heavy atom. The average Bonchev–Trinajstić information content (AvgIpc) is 3.20. The van der Waals surface area contributed by atoms with Gasteiger partial charge >= 0.3 is 19.4 Å². The van der Waals surface area contributed by atoms with Gasteiger partial charge in [-0.05, 0) is 45.9 Å². The van der Waals surface area contributed by atoms with Gasteiger partial charge in [0.1, 0.15) is 34.9 Å². The van der Waals surface area contributed by atoms with Gasteiger partial charge in [-0.25, -0.2) is 9.36 Å². The van der Waals surface area contributed by atoms with Crippen LogP contribution in [0.15, 0.2) is 47.4 Å². The van der Waals surface area contributed by atoms with Crippen molar-refractivity contribution in [2.45, 2.75) is 63.4 Å². The SMILES string of the molecule is CC(C)OC(=O)[C@H](C)N[P@](=O)(OC[C@]12CO[C@](C)([C@@H]1O)[C@H](n1ccc(N)nc1=O)O2)Oc1ccccc1. The van der Waals surface area contributed by atoms with E-state index in [1.165, 1.54) is 19.2 Å². The van der Waals surface area contributed by atoms with Crippen LogP contribution in [-0.2, 0) is 28.1 Å². The van der Waals surface area contributed by atoms with Crippen molar-refractivity contribution in [1.29, 1.82) is 0 Å². The monoisotopic (exact) mass is 538 g/mol. The lowest BCUT2D eigenvalue weighted by molar-refractivity contribution is -0.211. The summed E-state index contributed by atoms with van der Waals surface area (Å²) in [4.78, 5) is 28.5. The maximum absolute atomic E-state index is 13.8. The van der Waals surface area contributed by atoms with Crippen LogP contribution in [0.1, 0.15) is 33.9 Å². The second-order valence-corrected chi connectivity index (χ2v) is 11.2. The van der Waals surface area contributed by atoms with Gasteiger partial charge in [-0.3, -0.25) is 13.9 Å². The van der Waals surface area contributed by atoms with E-state index in [4.69, 9.17) is 29.0 Å². The summed E-state index contributed by atoms with van der Waals surface area (Å²) in [6.45, 7) is 5.85. The van der Waals surface area contributed by atoms with Crippen LogP contribution in [0.25, 0.3) is 0 Å². The molecular weight excluding hydrogens is 507 g/mol. The molecule has 2 aliphatic rings. The fourth-order valence-electron chi connectivity index (χ4n) is 4.22. The molecule has 0 radical (unpaired) electrons. The number of benzene rings is 1. The summed E-state index contributed by atoms with van der Waals surface area (Å²) in [6, 6.07) is 8.61. The largest absolute Gasteiger partial charge is 0.462 e. The maximum Gasteiger partial charge on any atom is 0.459 e. The number of aliphatic hydroxyl groups is 1. The van der Waals surface area contributed by atoms with Crippen molar-refractivity contribution < 1.29 is 37.7 Å².